The fourth-order valence-electron chi connectivity index (χ4n) is 4.44. The lowest BCUT2D eigenvalue weighted by atomic mass is 9.58. The van der Waals surface area contributed by atoms with Gasteiger partial charge in [0.25, 0.3) is 0 Å². The molecule has 0 heterocycles. The standard InChI is InChI=1S/C18H35NO/c1-5-12-19-16-13-17(18(16,6-2)7-3)20-15-11-9-8-10-14(15)4/h14-17,19H,5-13H2,1-4H3. The third-order valence-corrected chi connectivity index (χ3v) is 6.11. The first-order chi connectivity index (χ1) is 9.67. The Morgan fingerprint density at radius 3 is 2.40 bits per heavy atom. The van der Waals surface area contributed by atoms with E-state index in [1.807, 2.05) is 0 Å². The zero-order valence-electron chi connectivity index (χ0n) is 14.1. The second-order valence-electron chi connectivity index (χ2n) is 7.11. The van der Waals surface area contributed by atoms with E-state index in [2.05, 4.69) is 33.0 Å². The van der Waals surface area contributed by atoms with Crippen LogP contribution in [0.1, 0.15) is 79.1 Å². The first kappa shape index (κ1) is 16.3. The molecule has 2 aliphatic rings. The average Bonchev–Trinajstić information content (AvgIpc) is 2.45. The van der Waals surface area contributed by atoms with Crippen LogP contribution in [0, 0.1) is 11.3 Å². The minimum absolute atomic E-state index is 0.395. The van der Waals surface area contributed by atoms with E-state index in [1.54, 1.807) is 0 Å². The Labute approximate surface area is 126 Å². The monoisotopic (exact) mass is 281 g/mol. The van der Waals surface area contributed by atoms with Crippen LogP contribution in [0.3, 0.4) is 0 Å². The Balaban J connectivity index is 1.94. The van der Waals surface area contributed by atoms with Gasteiger partial charge in [0.2, 0.25) is 0 Å². The highest BCUT2D eigenvalue weighted by Crippen LogP contribution is 2.50. The van der Waals surface area contributed by atoms with Crippen LogP contribution >= 0.6 is 0 Å². The van der Waals surface area contributed by atoms with Gasteiger partial charge in [-0.25, -0.2) is 0 Å². The molecule has 4 atom stereocenters. The molecule has 0 aromatic carbocycles. The number of hydrogen-bond acceptors (Lipinski definition) is 2. The third kappa shape index (κ3) is 3.06. The summed E-state index contributed by atoms with van der Waals surface area (Å²) in [4.78, 5) is 0. The molecule has 20 heavy (non-hydrogen) atoms. The van der Waals surface area contributed by atoms with E-state index in [4.69, 9.17) is 4.74 Å². The van der Waals surface area contributed by atoms with Crippen LogP contribution in [-0.4, -0.2) is 24.8 Å². The van der Waals surface area contributed by atoms with E-state index in [9.17, 15) is 0 Å². The minimum Gasteiger partial charge on any atom is -0.374 e. The van der Waals surface area contributed by atoms with Crippen LogP contribution in [-0.2, 0) is 4.74 Å². The molecule has 2 saturated carbocycles. The highest BCUT2D eigenvalue weighted by molar-refractivity contribution is 5.07. The maximum absolute atomic E-state index is 6.61. The van der Waals surface area contributed by atoms with Gasteiger partial charge in [-0.1, -0.05) is 40.5 Å². The average molecular weight is 281 g/mol. The van der Waals surface area contributed by atoms with Crippen molar-refractivity contribution in [1.82, 2.24) is 5.32 Å². The third-order valence-electron chi connectivity index (χ3n) is 6.11. The molecule has 2 fully saturated rings. The molecular weight excluding hydrogens is 246 g/mol. The molecule has 0 aliphatic heterocycles. The Bertz CT molecular complexity index is 287. The van der Waals surface area contributed by atoms with Gasteiger partial charge in [0, 0.05) is 11.5 Å². The minimum atomic E-state index is 0.395. The fraction of sp³-hybridized carbons (Fsp3) is 1.00. The number of rotatable bonds is 7. The molecule has 2 rings (SSSR count). The summed E-state index contributed by atoms with van der Waals surface area (Å²) in [5.41, 5.74) is 0.395. The highest BCUT2D eigenvalue weighted by Gasteiger charge is 2.53. The van der Waals surface area contributed by atoms with Crippen molar-refractivity contribution in [2.75, 3.05) is 6.54 Å². The van der Waals surface area contributed by atoms with Gasteiger partial charge in [0.15, 0.2) is 0 Å². The molecule has 0 amide bonds. The summed E-state index contributed by atoms with van der Waals surface area (Å²) in [6.45, 7) is 10.5. The molecule has 2 heteroatoms. The Kier molecular flexibility index (Phi) is 5.92. The van der Waals surface area contributed by atoms with Gasteiger partial charge < -0.3 is 10.1 Å². The highest BCUT2D eigenvalue weighted by atomic mass is 16.5. The predicted molar refractivity (Wildman–Crippen MR) is 86.0 cm³/mol. The first-order valence-electron chi connectivity index (χ1n) is 9.06. The van der Waals surface area contributed by atoms with E-state index in [-0.39, 0.29) is 0 Å². The van der Waals surface area contributed by atoms with Gasteiger partial charge in [-0.05, 0) is 51.0 Å². The largest absolute Gasteiger partial charge is 0.374 e. The summed E-state index contributed by atoms with van der Waals surface area (Å²) < 4.78 is 6.61. The number of hydrogen-bond donors (Lipinski definition) is 1. The SMILES string of the molecule is CCCNC1CC(OC2CCCCC2C)C1(CC)CC. The molecule has 0 aromatic rings. The zero-order valence-corrected chi connectivity index (χ0v) is 14.1. The van der Waals surface area contributed by atoms with Crippen molar-refractivity contribution in [3.63, 3.8) is 0 Å². The first-order valence-corrected chi connectivity index (χ1v) is 9.06. The lowest BCUT2D eigenvalue weighted by Gasteiger charge is -2.57. The van der Waals surface area contributed by atoms with Crippen molar-refractivity contribution >= 4 is 0 Å². The van der Waals surface area contributed by atoms with E-state index in [1.165, 1.54) is 51.4 Å². The molecule has 0 bridgehead atoms. The summed E-state index contributed by atoms with van der Waals surface area (Å²) in [7, 11) is 0. The Hall–Kier alpha value is -0.0800. The van der Waals surface area contributed by atoms with Crippen LogP contribution in [0.25, 0.3) is 0 Å². The maximum atomic E-state index is 6.61. The van der Waals surface area contributed by atoms with Crippen molar-refractivity contribution in [3.05, 3.63) is 0 Å². The van der Waals surface area contributed by atoms with E-state index >= 15 is 0 Å². The van der Waals surface area contributed by atoms with Gasteiger partial charge >= 0.3 is 0 Å². The van der Waals surface area contributed by atoms with Crippen LogP contribution in [0.4, 0.5) is 0 Å². The molecule has 0 aromatic heterocycles. The summed E-state index contributed by atoms with van der Waals surface area (Å²) in [5, 5.41) is 3.76. The Morgan fingerprint density at radius 1 is 1.10 bits per heavy atom. The van der Waals surface area contributed by atoms with Gasteiger partial charge in [-0.3, -0.25) is 0 Å². The lowest BCUT2D eigenvalue weighted by molar-refractivity contribution is -0.182. The lowest BCUT2D eigenvalue weighted by Crippen LogP contribution is -2.64. The van der Waals surface area contributed by atoms with E-state index in [0.717, 1.165) is 12.5 Å². The molecule has 118 valence electrons. The maximum Gasteiger partial charge on any atom is 0.0664 e. The molecule has 0 radical (unpaired) electrons. The number of nitrogens with one attached hydrogen (secondary N) is 1. The molecule has 4 unspecified atom stereocenters. The zero-order chi connectivity index (χ0) is 14.6. The Morgan fingerprint density at radius 2 is 1.80 bits per heavy atom. The van der Waals surface area contributed by atoms with E-state index in [0.29, 0.717) is 23.7 Å². The second-order valence-corrected chi connectivity index (χ2v) is 7.11. The van der Waals surface area contributed by atoms with Crippen LogP contribution < -0.4 is 5.32 Å². The second kappa shape index (κ2) is 7.26. The summed E-state index contributed by atoms with van der Waals surface area (Å²) in [6.07, 6.45) is 11.4. The quantitative estimate of drug-likeness (QED) is 0.740. The normalized spacial score (nSPS) is 36.6. The molecule has 1 N–H and O–H groups in total. The van der Waals surface area contributed by atoms with Crippen molar-refractivity contribution in [2.24, 2.45) is 11.3 Å². The van der Waals surface area contributed by atoms with Gasteiger partial charge in [-0.2, -0.15) is 0 Å². The van der Waals surface area contributed by atoms with Crippen LogP contribution in [0.5, 0.6) is 0 Å². The molecular formula is C18H35NO. The van der Waals surface area contributed by atoms with Crippen molar-refractivity contribution < 1.29 is 4.74 Å². The van der Waals surface area contributed by atoms with Gasteiger partial charge in [-0.15, -0.1) is 0 Å². The van der Waals surface area contributed by atoms with Gasteiger partial charge in [0.1, 0.15) is 0 Å². The molecule has 2 nitrogen and oxygen atoms in total. The number of ether oxygens (including phenoxy) is 1. The fourth-order valence-corrected chi connectivity index (χ4v) is 4.44. The summed E-state index contributed by atoms with van der Waals surface area (Å²) in [5.74, 6) is 0.762. The van der Waals surface area contributed by atoms with Gasteiger partial charge in [0.05, 0.1) is 12.2 Å². The van der Waals surface area contributed by atoms with Crippen molar-refractivity contribution in [1.29, 1.82) is 0 Å². The van der Waals surface area contributed by atoms with Crippen molar-refractivity contribution in [3.8, 4) is 0 Å². The molecule has 0 saturated heterocycles. The van der Waals surface area contributed by atoms with Crippen LogP contribution in [0.2, 0.25) is 0 Å². The predicted octanol–water partition coefficient (Wildman–Crippen LogP) is 4.53. The molecule has 2 aliphatic carbocycles. The van der Waals surface area contributed by atoms with Crippen LogP contribution in [0.15, 0.2) is 0 Å². The smallest absolute Gasteiger partial charge is 0.0664 e. The topological polar surface area (TPSA) is 21.3 Å². The molecule has 0 spiro atoms. The summed E-state index contributed by atoms with van der Waals surface area (Å²) >= 11 is 0. The van der Waals surface area contributed by atoms with E-state index < -0.39 is 0 Å². The van der Waals surface area contributed by atoms with Crippen molar-refractivity contribution in [2.45, 2.75) is 97.3 Å². The summed E-state index contributed by atoms with van der Waals surface area (Å²) in [6, 6.07) is 0.682.